The average Bonchev–Trinajstić information content (AvgIpc) is 3.12. The summed E-state index contributed by atoms with van der Waals surface area (Å²) in [4.78, 5) is 28.9. The third-order valence-electron chi connectivity index (χ3n) is 5.90. The van der Waals surface area contributed by atoms with Gasteiger partial charge in [0, 0.05) is 31.3 Å². The number of Topliss-reactive ketones (excluding diaryl/α,β-unsaturated/α-hetero) is 1. The van der Waals surface area contributed by atoms with Gasteiger partial charge in [-0.1, -0.05) is 12.1 Å². The summed E-state index contributed by atoms with van der Waals surface area (Å²) in [6, 6.07) is 8.41. The highest BCUT2D eigenvalue weighted by Gasteiger charge is 2.30. The lowest BCUT2D eigenvalue weighted by atomic mass is 10.1. The molecule has 0 radical (unpaired) electrons. The van der Waals surface area contributed by atoms with Crippen LogP contribution in [0.15, 0.2) is 36.4 Å². The van der Waals surface area contributed by atoms with Gasteiger partial charge in [-0.2, -0.15) is 13.2 Å². The topological polar surface area (TPSA) is 71.1 Å². The number of nitrogens with zero attached hydrogens (tertiary/aromatic N) is 2. The van der Waals surface area contributed by atoms with Gasteiger partial charge in [0.15, 0.2) is 17.3 Å². The highest BCUT2D eigenvalue weighted by molar-refractivity contribution is 6.05. The van der Waals surface area contributed by atoms with Crippen molar-refractivity contribution in [2.45, 2.75) is 26.1 Å². The van der Waals surface area contributed by atoms with Crippen molar-refractivity contribution in [3.05, 3.63) is 53.1 Å². The van der Waals surface area contributed by atoms with Gasteiger partial charge in [-0.15, -0.1) is 0 Å². The molecule has 182 valence electrons. The van der Waals surface area contributed by atoms with Crippen LogP contribution in [0.2, 0.25) is 0 Å². The molecule has 1 amide bonds. The first-order chi connectivity index (χ1) is 16.2. The van der Waals surface area contributed by atoms with E-state index in [4.69, 9.17) is 9.47 Å². The van der Waals surface area contributed by atoms with Crippen molar-refractivity contribution in [1.82, 2.24) is 9.80 Å². The second kappa shape index (κ2) is 10.0. The Balaban J connectivity index is 1.31. The number of fused-ring (bicyclic) bond motifs is 1. The van der Waals surface area contributed by atoms with E-state index in [1.54, 1.807) is 12.1 Å². The smallest absolute Gasteiger partial charge is 0.416 e. The molecular formula is C24H26F3N3O4. The fourth-order valence-electron chi connectivity index (χ4n) is 4.13. The predicted octanol–water partition coefficient (Wildman–Crippen LogP) is 3.78. The van der Waals surface area contributed by atoms with Crippen LogP contribution in [-0.2, 0) is 17.5 Å². The summed E-state index contributed by atoms with van der Waals surface area (Å²) in [6.07, 6.45) is -3.51. The number of rotatable bonds is 6. The number of anilines is 1. The van der Waals surface area contributed by atoms with Crippen LogP contribution in [0.1, 0.15) is 34.8 Å². The first kappa shape index (κ1) is 24.0. The van der Waals surface area contributed by atoms with E-state index in [9.17, 15) is 22.8 Å². The van der Waals surface area contributed by atoms with Crippen LogP contribution in [0.4, 0.5) is 18.9 Å². The second-order valence-electron chi connectivity index (χ2n) is 8.46. The number of amides is 1. The standard InChI is InChI=1S/C24H26F3N3O4/c1-16(31)19-11-21-22(34-15-33-21)12-20(19)28-23(32)14-30-8-2-7-29(9-10-30)13-17-3-5-18(6-4-17)24(25,26)27/h3-6,11-12H,2,7-10,13-15H2,1H3,(H,28,32). The largest absolute Gasteiger partial charge is 0.454 e. The minimum absolute atomic E-state index is 0.0703. The van der Waals surface area contributed by atoms with Crippen molar-refractivity contribution >= 4 is 17.4 Å². The Kier molecular flexibility index (Phi) is 7.08. The molecule has 0 atom stereocenters. The molecule has 4 rings (SSSR count). The van der Waals surface area contributed by atoms with E-state index >= 15 is 0 Å². The minimum atomic E-state index is -4.34. The third kappa shape index (κ3) is 5.87. The van der Waals surface area contributed by atoms with Gasteiger partial charge in [-0.3, -0.25) is 19.4 Å². The van der Waals surface area contributed by atoms with Crippen molar-refractivity contribution in [3.63, 3.8) is 0 Å². The maximum absolute atomic E-state index is 12.8. The highest BCUT2D eigenvalue weighted by Crippen LogP contribution is 2.37. The Bertz CT molecular complexity index is 1060. The SMILES string of the molecule is CC(=O)c1cc2c(cc1NC(=O)CN1CCCN(Cc3ccc(C(F)(F)F)cc3)CC1)OCO2. The van der Waals surface area contributed by atoms with E-state index in [0.717, 1.165) is 37.2 Å². The number of hydrogen-bond donors (Lipinski definition) is 1. The molecule has 34 heavy (non-hydrogen) atoms. The van der Waals surface area contributed by atoms with Gasteiger partial charge in [-0.05, 0) is 50.2 Å². The second-order valence-corrected chi connectivity index (χ2v) is 8.46. The van der Waals surface area contributed by atoms with E-state index in [2.05, 4.69) is 10.2 Å². The molecule has 0 bridgehead atoms. The Morgan fingerprint density at radius 1 is 0.971 bits per heavy atom. The molecule has 0 aromatic heterocycles. The molecule has 2 aromatic rings. The zero-order chi connectivity index (χ0) is 24.3. The summed E-state index contributed by atoms with van der Waals surface area (Å²) in [5, 5.41) is 2.82. The lowest BCUT2D eigenvalue weighted by Crippen LogP contribution is -2.36. The number of nitrogens with one attached hydrogen (secondary N) is 1. The van der Waals surface area contributed by atoms with Crippen LogP contribution in [0.5, 0.6) is 11.5 Å². The zero-order valence-corrected chi connectivity index (χ0v) is 18.8. The average molecular weight is 477 g/mol. The van der Waals surface area contributed by atoms with Gasteiger partial charge >= 0.3 is 6.18 Å². The van der Waals surface area contributed by atoms with E-state index in [-0.39, 0.29) is 25.0 Å². The number of ketones is 1. The first-order valence-electron chi connectivity index (χ1n) is 11.0. The summed E-state index contributed by atoms with van der Waals surface area (Å²) >= 11 is 0. The third-order valence-corrected chi connectivity index (χ3v) is 5.90. The Labute approximate surface area is 195 Å². The van der Waals surface area contributed by atoms with E-state index < -0.39 is 11.7 Å². The van der Waals surface area contributed by atoms with Gasteiger partial charge in [0.05, 0.1) is 17.8 Å². The van der Waals surface area contributed by atoms with E-state index in [1.165, 1.54) is 19.1 Å². The lowest BCUT2D eigenvalue weighted by Gasteiger charge is -2.22. The quantitative estimate of drug-likeness (QED) is 0.639. The van der Waals surface area contributed by atoms with E-state index in [0.29, 0.717) is 42.4 Å². The normalized spacial score (nSPS) is 16.8. The summed E-state index contributed by atoms with van der Waals surface area (Å²) in [7, 11) is 0. The van der Waals surface area contributed by atoms with Gasteiger partial charge in [0.1, 0.15) is 0 Å². The summed E-state index contributed by atoms with van der Waals surface area (Å²) in [5.41, 5.74) is 0.912. The van der Waals surface area contributed by atoms with Gasteiger partial charge in [0.25, 0.3) is 0 Å². The Morgan fingerprint density at radius 3 is 2.29 bits per heavy atom. The number of hydrogen-bond acceptors (Lipinski definition) is 6. The summed E-state index contributed by atoms with van der Waals surface area (Å²) in [5.74, 6) is 0.526. The van der Waals surface area contributed by atoms with Crippen LogP contribution >= 0.6 is 0 Å². The van der Waals surface area contributed by atoms with Gasteiger partial charge < -0.3 is 14.8 Å². The molecule has 10 heteroatoms. The summed E-state index contributed by atoms with van der Waals surface area (Å²) < 4.78 is 48.9. The van der Waals surface area contributed by atoms with Crippen molar-refractivity contribution < 1.29 is 32.2 Å². The number of benzene rings is 2. The molecule has 7 nitrogen and oxygen atoms in total. The van der Waals surface area contributed by atoms with Crippen molar-refractivity contribution in [3.8, 4) is 11.5 Å². The van der Waals surface area contributed by atoms with Crippen molar-refractivity contribution in [2.24, 2.45) is 0 Å². The van der Waals surface area contributed by atoms with Crippen LogP contribution in [0, 0.1) is 0 Å². The van der Waals surface area contributed by atoms with Crippen LogP contribution < -0.4 is 14.8 Å². The maximum Gasteiger partial charge on any atom is 0.416 e. The van der Waals surface area contributed by atoms with Gasteiger partial charge in [0.2, 0.25) is 12.7 Å². The molecule has 1 N–H and O–H groups in total. The molecule has 1 saturated heterocycles. The summed E-state index contributed by atoms with van der Waals surface area (Å²) in [6.45, 7) is 5.06. The first-order valence-corrected chi connectivity index (χ1v) is 11.0. The van der Waals surface area contributed by atoms with Crippen LogP contribution in [0.3, 0.4) is 0 Å². The Hall–Kier alpha value is -3.11. The molecule has 0 unspecified atom stereocenters. The van der Waals surface area contributed by atoms with Crippen molar-refractivity contribution in [1.29, 1.82) is 0 Å². The molecule has 2 aromatic carbocycles. The maximum atomic E-state index is 12.8. The number of carbonyl (C=O) groups is 2. The monoisotopic (exact) mass is 477 g/mol. The van der Waals surface area contributed by atoms with Crippen LogP contribution in [0.25, 0.3) is 0 Å². The molecule has 2 aliphatic heterocycles. The predicted molar refractivity (Wildman–Crippen MR) is 119 cm³/mol. The fourth-order valence-corrected chi connectivity index (χ4v) is 4.13. The molecule has 2 aliphatic rings. The molecular weight excluding hydrogens is 451 g/mol. The molecule has 1 fully saturated rings. The minimum Gasteiger partial charge on any atom is -0.454 e. The Morgan fingerprint density at radius 2 is 1.62 bits per heavy atom. The van der Waals surface area contributed by atoms with Gasteiger partial charge in [-0.25, -0.2) is 0 Å². The molecule has 0 saturated carbocycles. The molecule has 0 spiro atoms. The number of ether oxygens (including phenoxy) is 2. The van der Waals surface area contributed by atoms with Crippen molar-refractivity contribution in [2.75, 3.05) is 44.8 Å². The lowest BCUT2D eigenvalue weighted by molar-refractivity contribution is -0.137. The molecule has 2 heterocycles. The van der Waals surface area contributed by atoms with E-state index in [1.807, 2.05) is 4.90 Å². The number of halogens is 3. The van der Waals surface area contributed by atoms with Crippen LogP contribution in [-0.4, -0.2) is 61.0 Å². The number of alkyl halides is 3. The number of carbonyl (C=O) groups excluding carboxylic acids is 2. The molecule has 0 aliphatic carbocycles. The highest BCUT2D eigenvalue weighted by atomic mass is 19.4. The fraction of sp³-hybridized carbons (Fsp3) is 0.417. The zero-order valence-electron chi connectivity index (χ0n) is 18.8.